The number of benzene rings is 6. The summed E-state index contributed by atoms with van der Waals surface area (Å²) in [5.41, 5.74) is 8.65. The molecule has 1 aromatic heterocycles. The molecule has 0 fully saturated rings. The van der Waals surface area contributed by atoms with Gasteiger partial charge in [-0.15, -0.1) is 0 Å². The normalized spacial score (nSPS) is 15.4. The molecule has 0 saturated heterocycles. The van der Waals surface area contributed by atoms with E-state index in [0.29, 0.717) is 11.6 Å². The Labute approximate surface area is 249 Å². The van der Waals surface area contributed by atoms with Crippen LogP contribution in [0.1, 0.15) is 22.3 Å². The zero-order chi connectivity index (χ0) is 28.1. The van der Waals surface area contributed by atoms with Gasteiger partial charge in [-0.25, -0.2) is 4.98 Å². The summed E-state index contributed by atoms with van der Waals surface area (Å²) < 4.78 is 0. The fraction of sp³-hybridized carbons (Fsp3) is 0.0263. The number of rotatable bonds is 4. The maximum atomic E-state index is 6.48. The molecule has 0 radical (unpaired) electrons. The molecule has 1 atom stereocenters. The van der Waals surface area contributed by atoms with Crippen LogP contribution in [0, 0.1) is 0 Å². The van der Waals surface area contributed by atoms with Crippen molar-refractivity contribution < 1.29 is 0 Å². The van der Waals surface area contributed by atoms with Crippen LogP contribution in [0.25, 0.3) is 44.7 Å². The van der Waals surface area contributed by atoms with Crippen LogP contribution in [0.15, 0.2) is 146 Å². The Morgan fingerprint density at radius 1 is 0.476 bits per heavy atom. The molecule has 0 spiro atoms. The van der Waals surface area contributed by atoms with E-state index in [1.807, 2.05) is 36.4 Å². The highest BCUT2D eigenvalue weighted by Gasteiger charge is 2.47. The van der Waals surface area contributed by atoms with Crippen molar-refractivity contribution in [2.45, 2.75) is 5.41 Å². The van der Waals surface area contributed by atoms with Gasteiger partial charge in [0.05, 0.1) is 5.41 Å². The molecule has 3 nitrogen and oxygen atoms in total. The van der Waals surface area contributed by atoms with Gasteiger partial charge in [-0.1, -0.05) is 140 Å². The molecule has 1 aliphatic rings. The van der Waals surface area contributed by atoms with Gasteiger partial charge in [-0.2, -0.15) is 9.97 Å². The number of halogens is 1. The van der Waals surface area contributed by atoms with Gasteiger partial charge in [0.1, 0.15) is 0 Å². The first-order chi connectivity index (χ1) is 20.7. The van der Waals surface area contributed by atoms with Gasteiger partial charge in [0.2, 0.25) is 5.28 Å². The van der Waals surface area contributed by atoms with Gasteiger partial charge < -0.3 is 0 Å². The van der Waals surface area contributed by atoms with Crippen LogP contribution in [0.4, 0.5) is 0 Å². The highest BCUT2D eigenvalue weighted by Crippen LogP contribution is 2.58. The summed E-state index contributed by atoms with van der Waals surface area (Å²) >= 11 is 6.48. The van der Waals surface area contributed by atoms with Crippen LogP contribution >= 0.6 is 11.6 Å². The molecule has 1 unspecified atom stereocenters. The molecule has 1 heterocycles. The molecular weight excluding hydrogens is 534 g/mol. The van der Waals surface area contributed by atoms with Gasteiger partial charge in [0.15, 0.2) is 11.6 Å². The van der Waals surface area contributed by atoms with Crippen LogP contribution in [0.2, 0.25) is 5.28 Å². The topological polar surface area (TPSA) is 38.7 Å². The SMILES string of the molecule is Clc1nc(-c2ccccc2)nc(-c2cccc(C3(c4ccccc4)c4ccccc4-c4ccc5ccccc5c43)c2)n1. The smallest absolute Gasteiger partial charge is 0.208 e. The van der Waals surface area contributed by atoms with Crippen LogP contribution < -0.4 is 0 Å². The molecule has 0 aliphatic heterocycles. The molecule has 0 amide bonds. The Morgan fingerprint density at radius 2 is 1.12 bits per heavy atom. The summed E-state index contributed by atoms with van der Waals surface area (Å²) in [5.74, 6) is 1.10. The molecule has 0 saturated carbocycles. The molecule has 0 N–H and O–H groups in total. The van der Waals surface area contributed by atoms with Crippen molar-refractivity contribution in [3.05, 3.63) is 173 Å². The lowest BCUT2D eigenvalue weighted by Gasteiger charge is -2.35. The summed E-state index contributed by atoms with van der Waals surface area (Å²) in [6.45, 7) is 0. The average molecular weight is 558 g/mol. The second-order valence-corrected chi connectivity index (χ2v) is 10.9. The highest BCUT2D eigenvalue weighted by molar-refractivity contribution is 6.28. The lowest BCUT2D eigenvalue weighted by Crippen LogP contribution is -2.29. The largest absolute Gasteiger partial charge is 0.226 e. The Kier molecular flexibility index (Phi) is 5.73. The van der Waals surface area contributed by atoms with Crippen molar-refractivity contribution in [1.29, 1.82) is 0 Å². The van der Waals surface area contributed by atoms with E-state index in [1.165, 1.54) is 38.6 Å². The summed E-state index contributed by atoms with van der Waals surface area (Å²) in [6.07, 6.45) is 0. The number of nitrogens with zero attached hydrogens (tertiary/aromatic N) is 3. The molecular formula is C38H24ClN3. The van der Waals surface area contributed by atoms with E-state index in [4.69, 9.17) is 16.6 Å². The van der Waals surface area contributed by atoms with Gasteiger partial charge in [-0.05, 0) is 61.8 Å². The fourth-order valence-corrected chi connectivity index (χ4v) is 6.78. The van der Waals surface area contributed by atoms with Gasteiger partial charge in [-0.3, -0.25) is 0 Å². The van der Waals surface area contributed by atoms with E-state index in [9.17, 15) is 0 Å². The molecule has 0 bridgehead atoms. The van der Waals surface area contributed by atoms with Crippen molar-refractivity contribution in [2.24, 2.45) is 0 Å². The Bertz CT molecular complexity index is 2110. The minimum atomic E-state index is -0.552. The van der Waals surface area contributed by atoms with E-state index in [2.05, 4.69) is 119 Å². The number of fused-ring (bicyclic) bond motifs is 5. The maximum absolute atomic E-state index is 6.48. The van der Waals surface area contributed by atoms with Crippen molar-refractivity contribution in [2.75, 3.05) is 0 Å². The van der Waals surface area contributed by atoms with E-state index in [1.54, 1.807) is 0 Å². The number of aromatic nitrogens is 3. The Morgan fingerprint density at radius 3 is 1.95 bits per heavy atom. The maximum Gasteiger partial charge on any atom is 0.226 e. The summed E-state index contributed by atoms with van der Waals surface area (Å²) in [7, 11) is 0. The second-order valence-electron chi connectivity index (χ2n) is 10.6. The standard InChI is InChI=1S/C38H24ClN3/c39-37-41-35(26-13-3-1-4-14-26)40-36(42-37)27-15-11-18-29(24-27)38(28-16-5-2-6-17-28)33-21-10-9-20-31(33)32-23-22-25-12-7-8-19-30(25)34(32)38/h1-24H. The van der Waals surface area contributed by atoms with Crippen molar-refractivity contribution >= 4 is 22.4 Å². The second kappa shape index (κ2) is 9.76. The van der Waals surface area contributed by atoms with E-state index >= 15 is 0 Å². The molecule has 198 valence electrons. The van der Waals surface area contributed by atoms with Crippen LogP contribution in [0.3, 0.4) is 0 Å². The fourth-order valence-electron chi connectivity index (χ4n) is 6.62. The third-order valence-corrected chi connectivity index (χ3v) is 8.49. The van der Waals surface area contributed by atoms with Gasteiger partial charge >= 0.3 is 0 Å². The quantitative estimate of drug-likeness (QED) is 0.216. The molecule has 4 heteroatoms. The van der Waals surface area contributed by atoms with Gasteiger partial charge in [0.25, 0.3) is 0 Å². The third kappa shape index (κ3) is 3.71. The molecule has 42 heavy (non-hydrogen) atoms. The first kappa shape index (κ1) is 24.7. The van der Waals surface area contributed by atoms with Crippen LogP contribution in [-0.2, 0) is 5.41 Å². The minimum absolute atomic E-state index is 0.171. The summed E-state index contributed by atoms with van der Waals surface area (Å²) in [5, 5.41) is 2.64. The predicted molar refractivity (Wildman–Crippen MR) is 171 cm³/mol. The highest BCUT2D eigenvalue weighted by atomic mass is 35.5. The third-order valence-electron chi connectivity index (χ3n) is 8.33. The Balaban J connectivity index is 1.44. The van der Waals surface area contributed by atoms with Gasteiger partial charge in [0, 0.05) is 11.1 Å². The lowest BCUT2D eigenvalue weighted by molar-refractivity contribution is 0.775. The van der Waals surface area contributed by atoms with Crippen molar-refractivity contribution in [1.82, 2.24) is 15.0 Å². The van der Waals surface area contributed by atoms with Crippen molar-refractivity contribution in [3.63, 3.8) is 0 Å². The summed E-state index contributed by atoms with van der Waals surface area (Å²) in [6, 6.07) is 51.3. The van der Waals surface area contributed by atoms with Crippen molar-refractivity contribution in [3.8, 4) is 33.9 Å². The molecule has 8 rings (SSSR count). The first-order valence-electron chi connectivity index (χ1n) is 14.0. The van der Waals surface area contributed by atoms with E-state index < -0.39 is 5.41 Å². The lowest BCUT2D eigenvalue weighted by atomic mass is 9.66. The van der Waals surface area contributed by atoms with Crippen LogP contribution in [-0.4, -0.2) is 15.0 Å². The average Bonchev–Trinajstić information content (AvgIpc) is 3.37. The monoisotopic (exact) mass is 557 g/mol. The molecule has 6 aromatic carbocycles. The number of hydrogen-bond donors (Lipinski definition) is 0. The van der Waals surface area contributed by atoms with E-state index in [-0.39, 0.29) is 5.28 Å². The van der Waals surface area contributed by atoms with Crippen LogP contribution in [0.5, 0.6) is 0 Å². The first-order valence-corrected chi connectivity index (χ1v) is 14.4. The van der Waals surface area contributed by atoms with E-state index in [0.717, 1.165) is 16.7 Å². The summed E-state index contributed by atoms with van der Waals surface area (Å²) in [4.78, 5) is 13.9. The predicted octanol–water partition coefficient (Wildman–Crippen LogP) is 9.38. The molecule has 1 aliphatic carbocycles. The number of hydrogen-bond acceptors (Lipinski definition) is 3. The molecule has 7 aromatic rings. The zero-order valence-electron chi connectivity index (χ0n) is 22.6. The zero-order valence-corrected chi connectivity index (χ0v) is 23.3. The Hall–Kier alpha value is -5.12. The minimum Gasteiger partial charge on any atom is -0.208 e.